The molecule has 10 heavy (non-hydrogen) atoms. The Morgan fingerprint density at radius 2 is 2.10 bits per heavy atom. The van der Waals surface area contributed by atoms with Crippen molar-refractivity contribution in [3.63, 3.8) is 0 Å². The minimum atomic E-state index is -3.55. The SMILES string of the molecule is N[C@@H]1CCC1OC(F)(F)Cl. The van der Waals surface area contributed by atoms with Crippen LogP contribution in [0.5, 0.6) is 0 Å². The molecule has 0 radical (unpaired) electrons. The normalized spacial score (nSPS) is 33.6. The summed E-state index contributed by atoms with van der Waals surface area (Å²) in [5.74, 6) is 0. The van der Waals surface area contributed by atoms with Gasteiger partial charge in [-0.1, -0.05) is 0 Å². The number of hydrogen-bond acceptors (Lipinski definition) is 2. The van der Waals surface area contributed by atoms with Crippen molar-refractivity contribution >= 4 is 11.6 Å². The molecule has 1 saturated carbocycles. The van der Waals surface area contributed by atoms with E-state index in [0.717, 1.165) is 6.42 Å². The highest BCUT2D eigenvalue weighted by atomic mass is 35.5. The van der Waals surface area contributed by atoms with Gasteiger partial charge >= 0.3 is 5.57 Å². The van der Waals surface area contributed by atoms with E-state index < -0.39 is 11.7 Å². The van der Waals surface area contributed by atoms with Crippen molar-refractivity contribution in [3.05, 3.63) is 0 Å². The molecule has 2 N–H and O–H groups in total. The van der Waals surface area contributed by atoms with Crippen LogP contribution in [0, 0.1) is 0 Å². The van der Waals surface area contributed by atoms with E-state index in [1.165, 1.54) is 0 Å². The average Bonchev–Trinajstić information content (AvgIpc) is 1.78. The molecule has 0 aliphatic heterocycles. The second-order valence-electron chi connectivity index (χ2n) is 2.34. The van der Waals surface area contributed by atoms with Crippen molar-refractivity contribution in [1.82, 2.24) is 0 Å². The number of hydrogen-bond donors (Lipinski definition) is 1. The lowest BCUT2D eigenvalue weighted by Crippen LogP contribution is -2.47. The summed E-state index contributed by atoms with van der Waals surface area (Å²) in [7, 11) is 0. The third-order valence-corrected chi connectivity index (χ3v) is 1.64. The van der Waals surface area contributed by atoms with Crippen LogP contribution in [0.3, 0.4) is 0 Å². The Labute approximate surface area is 62.3 Å². The van der Waals surface area contributed by atoms with Gasteiger partial charge in [0.15, 0.2) is 0 Å². The van der Waals surface area contributed by atoms with E-state index in [0.29, 0.717) is 6.42 Å². The summed E-state index contributed by atoms with van der Waals surface area (Å²) >= 11 is 4.49. The monoisotopic (exact) mass is 171 g/mol. The molecule has 0 heterocycles. The lowest BCUT2D eigenvalue weighted by molar-refractivity contribution is -0.220. The minimum Gasteiger partial charge on any atom is -0.325 e. The molecule has 0 aromatic rings. The first kappa shape index (κ1) is 8.17. The number of halogens is 3. The first-order chi connectivity index (χ1) is 4.49. The Morgan fingerprint density at radius 1 is 1.50 bits per heavy atom. The Morgan fingerprint density at radius 3 is 2.20 bits per heavy atom. The maximum absolute atomic E-state index is 11.9. The molecule has 2 nitrogen and oxygen atoms in total. The molecule has 1 unspecified atom stereocenters. The lowest BCUT2D eigenvalue weighted by atomic mass is 9.90. The fourth-order valence-corrected chi connectivity index (χ4v) is 0.928. The number of ether oxygens (including phenoxy) is 1. The number of alkyl halides is 3. The first-order valence-electron chi connectivity index (χ1n) is 2.99. The molecule has 1 fully saturated rings. The van der Waals surface area contributed by atoms with Gasteiger partial charge in [-0.15, -0.1) is 0 Å². The van der Waals surface area contributed by atoms with Crippen molar-refractivity contribution in [2.45, 2.75) is 30.6 Å². The minimum absolute atomic E-state index is 0.273. The molecule has 1 aliphatic rings. The highest BCUT2D eigenvalue weighted by Gasteiger charge is 2.37. The van der Waals surface area contributed by atoms with Crippen molar-refractivity contribution in [1.29, 1.82) is 0 Å². The van der Waals surface area contributed by atoms with Crippen LogP contribution in [0.15, 0.2) is 0 Å². The van der Waals surface area contributed by atoms with E-state index >= 15 is 0 Å². The zero-order valence-electron chi connectivity index (χ0n) is 5.19. The van der Waals surface area contributed by atoms with Crippen LogP contribution in [0.1, 0.15) is 12.8 Å². The molecule has 0 spiro atoms. The van der Waals surface area contributed by atoms with Crippen LogP contribution in [0.4, 0.5) is 8.78 Å². The van der Waals surface area contributed by atoms with Gasteiger partial charge < -0.3 is 10.5 Å². The predicted octanol–water partition coefficient (Wildman–Crippen LogP) is 1.28. The molecular formula is C5H8ClF2NO. The molecule has 0 aromatic carbocycles. The van der Waals surface area contributed by atoms with Gasteiger partial charge in [-0.25, -0.2) is 0 Å². The van der Waals surface area contributed by atoms with Gasteiger partial charge in [-0.2, -0.15) is 8.78 Å². The summed E-state index contributed by atoms with van der Waals surface area (Å²) in [4.78, 5) is 0. The Kier molecular flexibility index (Phi) is 2.12. The second-order valence-corrected chi connectivity index (χ2v) is 2.78. The highest BCUT2D eigenvalue weighted by molar-refractivity contribution is 6.20. The Bertz CT molecular complexity index is 127. The third-order valence-electron chi connectivity index (χ3n) is 1.55. The van der Waals surface area contributed by atoms with E-state index in [-0.39, 0.29) is 6.04 Å². The fraction of sp³-hybridized carbons (Fsp3) is 1.00. The van der Waals surface area contributed by atoms with E-state index in [9.17, 15) is 8.78 Å². The van der Waals surface area contributed by atoms with E-state index in [2.05, 4.69) is 16.3 Å². The summed E-state index contributed by atoms with van der Waals surface area (Å²) in [6.07, 6.45) is 0.744. The van der Waals surface area contributed by atoms with Gasteiger partial charge in [0.1, 0.15) is 0 Å². The molecule has 5 heteroatoms. The van der Waals surface area contributed by atoms with Gasteiger partial charge in [0.2, 0.25) is 0 Å². The maximum atomic E-state index is 11.9. The van der Waals surface area contributed by atoms with Gasteiger partial charge in [0.25, 0.3) is 0 Å². The van der Waals surface area contributed by atoms with Gasteiger partial charge in [-0.05, 0) is 24.4 Å². The summed E-state index contributed by atoms with van der Waals surface area (Å²) < 4.78 is 27.8. The molecule has 2 atom stereocenters. The molecule has 0 bridgehead atoms. The van der Waals surface area contributed by atoms with Crippen LogP contribution in [-0.4, -0.2) is 17.7 Å². The summed E-state index contributed by atoms with van der Waals surface area (Å²) in [6, 6.07) is -0.273. The lowest BCUT2D eigenvalue weighted by Gasteiger charge is -2.34. The Balaban J connectivity index is 2.26. The topological polar surface area (TPSA) is 35.2 Å². The molecule has 1 rings (SSSR count). The second kappa shape index (κ2) is 2.60. The molecule has 0 aromatic heterocycles. The number of nitrogens with two attached hydrogens (primary N) is 1. The average molecular weight is 172 g/mol. The largest absolute Gasteiger partial charge is 0.440 e. The molecular weight excluding hydrogens is 164 g/mol. The van der Waals surface area contributed by atoms with Crippen LogP contribution >= 0.6 is 11.6 Å². The zero-order chi connectivity index (χ0) is 7.78. The molecule has 1 aliphatic carbocycles. The van der Waals surface area contributed by atoms with Gasteiger partial charge in [0.05, 0.1) is 6.10 Å². The van der Waals surface area contributed by atoms with Crippen molar-refractivity contribution in [2.75, 3.05) is 0 Å². The molecule has 0 amide bonds. The summed E-state index contributed by atoms with van der Waals surface area (Å²) in [5, 5.41) is 0. The summed E-state index contributed by atoms with van der Waals surface area (Å²) in [5.41, 5.74) is 1.76. The fourth-order valence-electron chi connectivity index (χ4n) is 0.813. The maximum Gasteiger partial charge on any atom is 0.440 e. The Hall–Kier alpha value is 0.0700. The molecule has 60 valence electrons. The quantitative estimate of drug-likeness (QED) is 0.636. The van der Waals surface area contributed by atoms with Crippen molar-refractivity contribution in [2.24, 2.45) is 5.73 Å². The zero-order valence-corrected chi connectivity index (χ0v) is 5.94. The van der Waals surface area contributed by atoms with Crippen LogP contribution in [-0.2, 0) is 4.74 Å². The van der Waals surface area contributed by atoms with Crippen LogP contribution in [0.2, 0.25) is 0 Å². The van der Waals surface area contributed by atoms with Gasteiger partial charge in [0, 0.05) is 6.04 Å². The summed E-state index contributed by atoms with van der Waals surface area (Å²) in [6.45, 7) is 0. The predicted molar refractivity (Wildman–Crippen MR) is 32.9 cm³/mol. The standard InChI is InChI=1S/C5H8ClF2NO/c6-5(7,8)10-4-2-1-3(4)9/h3-4H,1-2,9H2/t3-,4?/m1/s1. The van der Waals surface area contributed by atoms with Crippen LogP contribution < -0.4 is 5.73 Å². The van der Waals surface area contributed by atoms with Gasteiger partial charge in [-0.3, -0.25) is 0 Å². The third kappa shape index (κ3) is 2.04. The van der Waals surface area contributed by atoms with Crippen molar-refractivity contribution in [3.8, 4) is 0 Å². The smallest absolute Gasteiger partial charge is 0.325 e. The van der Waals surface area contributed by atoms with Crippen LogP contribution in [0.25, 0.3) is 0 Å². The highest BCUT2D eigenvalue weighted by Crippen LogP contribution is 2.30. The molecule has 0 saturated heterocycles. The first-order valence-corrected chi connectivity index (χ1v) is 3.37. The van der Waals surface area contributed by atoms with E-state index in [1.54, 1.807) is 0 Å². The number of rotatable bonds is 2. The van der Waals surface area contributed by atoms with E-state index in [1.807, 2.05) is 0 Å². The van der Waals surface area contributed by atoms with Crippen molar-refractivity contribution < 1.29 is 13.5 Å². The van der Waals surface area contributed by atoms with E-state index in [4.69, 9.17) is 5.73 Å².